The molecule has 25 heavy (non-hydrogen) atoms. The molecule has 0 spiro atoms. The molecule has 2 aromatic carbocycles. The summed E-state index contributed by atoms with van der Waals surface area (Å²) in [5, 5.41) is 11.3. The highest BCUT2D eigenvalue weighted by atomic mass is 16.7. The average molecular weight is 336 g/mol. The van der Waals surface area contributed by atoms with Gasteiger partial charge in [-0.2, -0.15) is 9.90 Å². The summed E-state index contributed by atoms with van der Waals surface area (Å²) in [5.41, 5.74) is 1.98. The number of amides is 1. The summed E-state index contributed by atoms with van der Waals surface area (Å²) in [7, 11) is 0. The molecule has 1 atom stereocenters. The quantitative estimate of drug-likeness (QED) is 0.792. The molecule has 1 aromatic heterocycles. The van der Waals surface area contributed by atoms with E-state index >= 15 is 0 Å². The number of para-hydroxylation sites is 1. The van der Waals surface area contributed by atoms with Gasteiger partial charge in [0.25, 0.3) is 5.91 Å². The van der Waals surface area contributed by atoms with Crippen LogP contribution in [0.15, 0.2) is 54.7 Å². The molecule has 7 nitrogen and oxygen atoms in total. The van der Waals surface area contributed by atoms with Crippen LogP contribution in [0.25, 0.3) is 5.69 Å². The molecule has 0 aliphatic carbocycles. The number of fused-ring (bicyclic) bond motifs is 1. The predicted molar refractivity (Wildman–Crippen MR) is 89.8 cm³/mol. The van der Waals surface area contributed by atoms with Crippen molar-refractivity contribution in [3.05, 3.63) is 66.0 Å². The third-order valence-electron chi connectivity index (χ3n) is 3.96. The summed E-state index contributed by atoms with van der Waals surface area (Å²) in [6.45, 7) is 2.12. The van der Waals surface area contributed by atoms with Crippen molar-refractivity contribution in [2.24, 2.45) is 0 Å². The van der Waals surface area contributed by atoms with Crippen molar-refractivity contribution in [3.63, 3.8) is 0 Å². The van der Waals surface area contributed by atoms with Crippen molar-refractivity contribution in [1.29, 1.82) is 0 Å². The van der Waals surface area contributed by atoms with Crippen LogP contribution in [0.5, 0.6) is 11.5 Å². The van der Waals surface area contributed by atoms with Crippen LogP contribution in [-0.2, 0) is 0 Å². The fourth-order valence-electron chi connectivity index (χ4n) is 2.59. The van der Waals surface area contributed by atoms with Crippen LogP contribution in [0.1, 0.15) is 29.0 Å². The van der Waals surface area contributed by atoms with Crippen LogP contribution in [0, 0.1) is 0 Å². The molecule has 1 aliphatic heterocycles. The molecular formula is C18H16N4O3. The minimum absolute atomic E-state index is 0.205. The van der Waals surface area contributed by atoms with Gasteiger partial charge in [0, 0.05) is 0 Å². The van der Waals surface area contributed by atoms with Crippen LogP contribution in [-0.4, -0.2) is 27.7 Å². The highest BCUT2D eigenvalue weighted by molar-refractivity contribution is 5.92. The highest BCUT2D eigenvalue weighted by Gasteiger charge is 2.18. The molecule has 4 rings (SSSR count). The molecule has 0 fully saturated rings. The van der Waals surface area contributed by atoms with E-state index in [2.05, 4.69) is 15.5 Å². The van der Waals surface area contributed by atoms with Crippen molar-refractivity contribution < 1.29 is 14.3 Å². The Balaban J connectivity index is 1.47. The van der Waals surface area contributed by atoms with E-state index in [1.54, 1.807) is 0 Å². The fraction of sp³-hybridized carbons (Fsp3) is 0.167. The van der Waals surface area contributed by atoms with E-state index in [-0.39, 0.29) is 24.4 Å². The number of nitrogens with one attached hydrogen (secondary N) is 1. The van der Waals surface area contributed by atoms with Crippen molar-refractivity contribution in [1.82, 2.24) is 20.3 Å². The first-order valence-corrected chi connectivity index (χ1v) is 7.89. The van der Waals surface area contributed by atoms with Crippen molar-refractivity contribution in [2.75, 3.05) is 6.79 Å². The second kappa shape index (κ2) is 6.27. The Morgan fingerprint density at radius 3 is 2.80 bits per heavy atom. The number of rotatable bonds is 4. The van der Waals surface area contributed by atoms with E-state index < -0.39 is 0 Å². The zero-order valence-electron chi connectivity index (χ0n) is 13.5. The SMILES string of the molecule is CC(NC(=O)c1cnn(-c2ccccc2)n1)c1ccc2c(c1)OCO2. The number of hydrogen-bond donors (Lipinski definition) is 1. The summed E-state index contributed by atoms with van der Waals surface area (Å²) in [4.78, 5) is 13.9. The molecule has 3 aromatic rings. The maximum Gasteiger partial charge on any atom is 0.273 e. The Morgan fingerprint density at radius 2 is 1.96 bits per heavy atom. The second-order valence-corrected chi connectivity index (χ2v) is 5.66. The minimum Gasteiger partial charge on any atom is -0.454 e. The van der Waals surface area contributed by atoms with Gasteiger partial charge in [-0.3, -0.25) is 4.79 Å². The normalized spacial score (nSPS) is 13.5. The number of ether oxygens (including phenoxy) is 2. The van der Waals surface area contributed by atoms with Gasteiger partial charge in [-0.25, -0.2) is 0 Å². The molecule has 0 radical (unpaired) electrons. The van der Waals surface area contributed by atoms with Crippen LogP contribution in [0.3, 0.4) is 0 Å². The lowest BCUT2D eigenvalue weighted by Crippen LogP contribution is -2.27. The van der Waals surface area contributed by atoms with Crippen LogP contribution >= 0.6 is 0 Å². The molecule has 0 saturated carbocycles. The Kier molecular flexibility index (Phi) is 3.81. The Hall–Kier alpha value is -3.35. The molecule has 1 amide bonds. The van der Waals surface area contributed by atoms with Crippen molar-refractivity contribution in [3.8, 4) is 17.2 Å². The van der Waals surface area contributed by atoms with E-state index in [1.165, 1.54) is 11.0 Å². The lowest BCUT2D eigenvalue weighted by molar-refractivity contribution is 0.0934. The van der Waals surface area contributed by atoms with Crippen LogP contribution in [0.2, 0.25) is 0 Å². The first-order valence-electron chi connectivity index (χ1n) is 7.89. The number of hydrogen-bond acceptors (Lipinski definition) is 5. The van der Waals surface area contributed by atoms with Gasteiger partial charge < -0.3 is 14.8 Å². The molecular weight excluding hydrogens is 320 g/mol. The summed E-state index contributed by atoms with van der Waals surface area (Å²) >= 11 is 0. The molecule has 1 unspecified atom stereocenters. The van der Waals surface area contributed by atoms with Crippen LogP contribution in [0.4, 0.5) is 0 Å². The average Bonchev–Trinajstić information content (AvgIpc) is 3.31. The van der Waals surface area contributed by atoms with Gasteiger partial charge in [0.1, 0.15) is 0 Å². The summed E-state index contributed by atoms with van der Waals surface area (Å²) < 4.78 is 10.7. The molecule has 126 valence electrons. The maximum atomic E-state index is 12.4. The monoisotopic (exact) mass is 336 g/mol. The smallest absolute Gasteiger partial charge is 0.273 e. The van der Waals surface area contributed by atoms with Gasteiger partial charge in [0.05, 0.1) is 17.9 Å². The van der Waals surface area contributed by atoms with Crippen molar-refractivity contribution >= 4 is 5.91 Å². The standard InChI is InChI=1S/C18H16N4O3/c1-12(13-7-8-16-17(9-13)25-11-24-16)20-18(23)15-10-19-22(21-15)14-5-3-2-4-6-14/h2-10,12H,11H2,1H3,(H,20,23). The fourth-order valence-corrected chi connectivity index (χ4v) is 2.59. The third kappa shape index (κ3) is 3.03. The van der Waals surface area contributed by atoms with Gasteiger partial charge in [-0.15, -0.1) is 5.10 Å². The first-order chi connectivity index (χ1) is 12.2. The molecule has 1 N–H and O–H groups in total. The molecule has 2 heterocycles. The Morgan fingerprint density at radius 1 is 1.16 bits per heavy atom. The Bertz CT molecular complexity index is 908. The van der Waals surface area contributed by atoms with E-state index in [0.29, 0.717) is 11.5 Å². The lowest BCUT2D eigenvalue weighted by Gasteiger charge is -2.13. The molecule has 7 heteroatoms. The molecule has 0 saturated heterocycles. The topological polar surface area (TPSA) is 78.3 Å². The number of nitrogens with zero attached hydrogens (tertiary/aromatic N) is 3. The van der Waals surface area contributed by atoms with Gasteiger partial charge >= 0.3 is 0 Å². The van der Waals surface area contributed by atoms with Gasteiger partial charge in [-0.1, -0.05) is 24.3 Å². The Labute approximate surface area is 144 Å². The lowest BCUT2D eigenvalue weighted by atomic mass is 10.1. The maximum absolute atomic E-state index is 12.4. The molecule has 1 aliphatic rings. The summed E-state index contributed by atoms with van der Waals surface area (Å²) in [6, 6.07) is 14.8. The zero-order chi connectivity index (χ0) is 17.2. The number of carbonyl (C=O) groups is 1. The summed E-state index contributed by atoms with van der Waals surface area (Å²) in [6.07, 6.45) is 1.45. The molecule has 0 bridgehead atoms. The second-order valence-electron chi connectivity index (χ2n) is 5.66. The largest absolute Gasteiger partial charge is 0.454 e. The van der Waals surface area contributed by atoms with E-state index in [9.17, 15) is 4.79 Å². The number of benzene rings is 2. The van der Waals surface area contributed by atoms with Crippen molar-refractivity contribution in [2.45, 2.75) is 13.0 Å². The third-order valence-corrected chi connectivity index (χ3v) is 3.96. The first kappa shape index (κ1) is 15.2. The van der Waals surface area contributed by atoms with Gasteiger partial charge in [0.15, 0.2) is 17.2 Å². The summed E-state index contributed by atoms with van der Waals surface area (Å²) in [5.74, 6) is 1.12. The van der Waals surface area contributed by atoms with Crippen LogP contribution < -0.4 is 14.8 Å². The zero-order valence-corrected chi connectivity index (χ0v) is 13.5. The van der Waals surface area contributed by atoms with E-state index in [1.807, 2.05) is 55.5 Å². The van der Waals surface area contributed by atoms with Gasteiger partial charge in [0.2, 0.25) is 6.79 Å². The number of carbonyl (C=O) groups excluding carboxylic acids is 1. The van der Waals surface area contributed by atoms with E-state index in [4.69, 9.17) is 9.47 Å². The number of aromatic nitrogens is 3. The minimum atomic E-state index is -0.285. The van der Waals surface area contributed by atoms with E-state index in [0.717, 1.165) is 11.3 Å². The van der Waals surface area contributed by atoms with Gasteiger partial charge in [-0.05, 0) is 36.8 Å². The highest BCUT2D eigenvalue weighted by Crippen LogP contribution is 2.34. The predicted octanol–water partition coefficient (Wildman–Crippen LogP) is 2.49.